The van der Waals surface area contributed by atoms with Crippen LogP contribution in [0.3, 0.4) is 0 Å². The minimum Gasteiger partial charge on any atom is -0.331 e. The van der Waals surface area contributed by atoms with Crippen LogP contribution < -0.4 is 5.32 Å². The molecule has 15 heavy (non-hydrogen) atoms. The van der Waals surface area contributed by atoms with E-state index in [1.54, 1.807) is 0 Å². The van der Waals surface area contributed by atoms with Crippen LogP contribution in [0.5, 0.6) is 0 Å². The van der Waals surface area contributed by atoms with E-state index in [2.05, 4.69) is 36.9 Å². The number of nitrogens with zero attached hydrogens (tertiary/aromatic N) is 2. The Morgan fingerprint density at radius 1 is 1.47 bits per heavy atom. The molecule has 0 saturated heterocycles. The predicted molar refractivity (Wildman–Crippen MR) is 62.0 cm³/mol. The van der Waals surface area contributed by atoms with Crippen molar-refractivity contribution in [1.29, 1.82) is 0 Å². The van der Waals surface area contributed by atoms with E-state index < -0.39 is 0 Å². The fraction of sp³-hybridized carbons (Fsp3) is 0.750. The molecule has 0 radical (unpaired) electrons. The van der Waals surface area contributed by atoms with E-state index in [0.29, 0.717) is 0 Å². The van der Waals surface area contributed by atoms with Crippen molar-refractivity contribution in [2.45, 2.75) is 51.6 Å². The maximum atomic E-state index is 4.73. The average molecular weight is 207 g/mol. The summed E-state index contributed by atoms with van der Waals surface area (Å²) in [6.45, 7) is 7.56. The summed E-state index contributed by atoms with van der Waals surface area (Å²) in [5.41, 5.74) is 1.31. The molecule has 0 spiro atoms. The van der Waals surface area contributed by atoms with Gasteiger partial charge in [0.05, 0.1) is 5.69 Å². The summed E-state index contributed by atoms with van der Waals surface area (Å²) in [4.78, 5) is 4.73. The summed E-state index contributed by atoms with van der Waals surface area (Å²) in [7, 11) is 1.97. The first-order valence-corrected chi connectivity index (χ1v) is 5.75. The first-order valence-electron chi connectivity index (χ1n) is 5.75. The monoisotopic (exact) mass is 207 g/mol. The molecule has 1 saturated carbocycles. The van der Waals surface area contributed by atoms with Gasteiger partial charge in [-0.25, -0.2) is 4.98 Å². The lowest BCUT2D eigenvalue weighted by Crippen LogP contribution is -2.18. The number of rotatable bonds is 3. The molecule has 1 N–H and O–H groups in total. The van der Waals surface area contributed by atoms with Gasteiger partial charge in [0.2, 0.25) is 0 Å². The highest BCUT2D eigenvalue weighted by Crippen LogP contribution is 2.38. The van der Waals surface area contributed by atoms with Crippen molar-refractivity contribution in [3.63, 3.8) is 0 Å². The Balaban J connectivity index is 2.33. The quantitative estimate of drug-likeness (QED) is 0.823. The minimum absolute atomic E-state index is 0.147. The van der Waals surface area contributed by atoms with E-state index in [1.165, 1.54) is 18.7 Å². The topological polar surface area (TPSA) is 29.9 Å². The Kier molecular flexibility index (Phi) is 2.59. The Labute approximate surface area is 91.9 Å². The van der Waals surface area contributed by atoms with Gasteiger partial charge in [-0.1, -0.05) is 20.8 Å². The van der Waals surface area contributed by atoms with E-state index in [1.807, 2.05) is 7.05 Å². The third-order valence-electron chi connectivity index (χ3n) is 2.75. The molecular formula is C12H21N3. The second-order valence-corrected chi connectivity index (χ2v) is 5.47. The van der Waals surface area contributed by atoms with Crippen molar-refractivity contribution in [3.8, 4) is 0 Å². The van der Waals surface area contributed by atoms with Crippen LogP contribution in [-0.2, 0) is 12.0 Å². The Morgan fingerprint density at radius 2 is 2.13 bits per heavy atom. The Morgan fingerprint density at radius 3 is 2.60 bits per heavy atom. The third kappa shape index (κ3) is 2.23. The molecule has 0 aromatic carbocycles. The molecule has 84 valence electrons. The molecule has 1 fully saturated rings. The molecule has 1 aromatic heterocycles. The van der Waals surface area contributed by atoms with Crippen molar-refractivity contribution in [3.05, 3.63) is 17.7 Å². The zero-order valence-electron chi connectivity index (χ0n) is 10.2. The van der Waals surface area contributed by atoms with Crippen molar-refractivity contribution >= 4 is 0 Å². The average Bonchev–Trinajstić information content (AvgIpc) is 2.87. The molecule has 0 amide bonds. The summed E-state index contributed by atoms with van der Waals surface area (Å²) < 4.78 is 2.38. The second-order valence-electron chi connectivity index (χ2n) is 5.47. The van der Waals surface area contributed by atoms with Gasteiger partial charge in [-0.2, -0.15) is 0 Å². The molecule has 3 heteroatoms. The normalized spacial score (nSPS) is 17.1. The molecule has 1 aromatic rings. The SMILES string of the molecule is CNCc1cn(C2CC2)c(C(C)(C)C)n1. The lowest BCUT2D eigenvalue weighted by atomic mass is 9.95. The van der Waals surface area contributed by atoms with Gasteiger partial charge in [-0.15, -0.1) is 0 Å². The summed E-state index contributed by atoms with van der Waals surface area (Å²) in [6, 6.07) is 0.720. The third-order valence-corrected chi connectivity index (χ3v) is 2.75. The van der Waals surface area contributed by atoms with E-state index >= 15 is 0 Å². The fourth-order valence-electron chi connectivity index (χ4n) is 1.90. The van der Waals surface area contributed by atoms with Gasteiger partial charge in [-0.05, 0) is 19.9 Å². The van der Waals surface area contributed by atoms with Crippen LogP contribution in [0.15, 0.2) is 6.20 Å². The molecule has 3 nitrogen and oxygen atoms in total. The molecule has 0 bridgehead atoms. The maximum Gasteiger partial charge on any atom is 0.114 e. The zero-order chi connectivity index (χ0) is 11.1. The van der Waals surface area contributed by atoms with Crippen LogP contribution in [0.4, 0.5) is 0 Å². The number of imidazole rings is 1. The van der Waals surface area contributed by atoms with Gasteiger partial charge in [0, 0.05) is 24.2 Å². The van der Waals surface area contributed by atoms with Gasteiger partial charge in [0.25, 0.3) is 0 Å². The molecule has 0 aliphatic heterocycles. The maximum absolute atomic E-state index is 4.73. The zero-order valence-corrected chi connectivity index (χ0v) is 10.2. The van der Waals surface area contributed by atoms with Crippen LogP contribution in [-0.4, -0.2) is 16.6 Å². The first kappa shape index (κ1) is 10.7. The minimum atomic E-state index is 0.147. The van der Waals surface area contributed by atoms with E-state index in [-0.39, 0.29) is 5.41 Å². The predicted octanol–water partition coefficient (Wildman–Crippen LogP) is 2.23. The van der Waals surface area contributed by atoms with Gasteiger partial charge in [0.1, 0.15) is 5.82 Å². The van der Waals surface area contributed by atoms with Crippen LogP contribution >= 0.6 is 0 Å². The van der Waals surface area contributed by atoms with Gasteiger partial charge in [-0.3, -0.25) is 0 Å². The van der Waals surface area contributed by atoms with Gasteiger partial charge >= 0.3 is 0 Å². The van der Waals surface area contributed by atoms with Crippen LogP contribution in [0.25, 0.3) is 0 Å². The Bertz CT molecular complexity index is 342. The number of hydrogen-bond donors (Lipinski definition) is 1. The standard InChI is InChI=1S/C12H21N3/c1-12(2,3)11-14-9(7-13-4)8-15(11)10-5-6-10/h8,10,13H,5-7H2,1-4H3. The molecule has 1 heterocycles. The molecular weight excluding hydrogens is 186 g/mol. The molecule has 1 aliphatic rings. The first-order chi connectivity index (χ1) is 7.02. The molecule has 0 atom stereocenters. The number of hydrogen-bond acceptors (Lipinski definition) is 2. The largest absolute Gasteiger partial charge is 0.331 e. The summed E-state index contributed by atoms with van der Waals surface area (Å²) >= 11 is 0. The Hall–Kier alpha value is -0.830. The highest BCUT2D eigenvalue weighted by molar-refractivity contribution is 5.14. The smallest absolute Gasteiger partial charge is 0.114 e. The summed E-state index contributed by atoms with van der Waals surface area (Å²) in [5, 5.41) is 3.16. The van der Waals surface area contributed by atoms with Crippen LogP contribution in [0.1, 0.15) is 51.2 Å². The summed E-state index contributed by atoms with van der Waals surface area (Å²) in [6.07, 6.45) is 4.85. The lowest BCUT2D eigenvalue weighted by molar-refractivity contribution is 0.501. The molecule has 0 unspecified atom stereocenters. The van der Waals surface area contributed by atoms with Crippen molar-refractivity contribution in [1.82, 2.24) is 14.9 Å². The number of nitrogens with one attached hydrogen (secondary N) is 1. The second kappa shape index (κ2) is 3.63. The fourth-order valence-corrected chi connectivity index (χ4v) is 1.90. The van der Waals surface area contributed by atoms with E-state index in [9.17, 15) is 0 Å². The highest BCUT2D eigenvalue weighted by atomic mass is 15.1. The van der Waals surface area contributed by atoms with E-state index in [4.69, 9.17) is 4.98 Å². The van der Waals surface area contributed by atoms with Gasteiger partial charge in [0.15, 0.2) is 0 Å². The number of aromatic nitrogens is 2. The van der Waals surface area contributed by atoms with E-state index in [0.717, 1.165) is 18.3 Å². The molecule has 1 aliphatic carbocycles. The van der Waals surface area contributed by atoms with Crippen molar-refractivity contribution < 1.29 is 0 Å². The van der Waals surface area contributed by atoms with Crippen LogP contribution in [0.2, 0.25) is 0 Å². The molecule has 2 rings (SSSR count). The van der Waals surface area contributed by atoms with Crippen molar-refractivity contribution in [2.24, 2.45) is 0 Å². The van der Waals surface area contributed by atoms with Crippen molar-refractivity contribution in [2.75, 3.05) is 7.05 Å². The van der Waals surface area contributed by atoms with Crippen LogP contribution in [0, 0.1) is 0 Å². The summed E-state index contributed by atoms with van der Waals surface area (Å²) in [5.74, 6) is 1.23. The highest BCUT2D eigenvalue weighted by Gasteiger charge is 2.30. The van der Waals surface area contributed by atoms with Gasteiger partial charge < -0.3 is 9.88 Å². The lowest BCUT2D eigenvalue weighted by Gasteiger charge is -2.19.